The maximum Gasteiger partial charge on any atom is 0.349 e. The van der Waals surface area contributed by atoms with E-state index in [9.17, 15) is 19.7 Å². The van der Waals surface area contributed by atoms with Gasteiger partial charge >= 0.3 is 5.69 Å². The Hall–Kier alpha value is -3.75. The second kappa shape index (κ2) is 7.87. The molecular weight excluding hydrogens is 364 g/mol. The van der Waals surface area contributed by atoms with E-state index in [0.29, 0.717) is 21.3 Å². The van der Waals surface area contributed by atoms with Crippen molar-refractivity contribution in [1.82, 2.24) is 9.66 Å². The third-order valence-electron chi connectivity index (χ3n) is 4.20. The lowest BCUT2D eigenvalue weighted by Crippen LogP contribution is -2.32. The van der Waals surface area contributed by atoms with E-state index in [0.717, 1.165) is 6.42 Å². The van der Waals surface area contributed by atoms with Crippen molar-refractivity contribution in [1.29, 1.82) is 0 Å². The van der Waals surface area contributed by atoms with Crippen LogP contribution in [0.5, 0.6) is 5.75 Å². The monoisotopic (exact) mass is 382 g/mol. The van der Waals surface area contributed by atoms with Crippen LogP contribution in [0, 0.1) is 10.1 Å². The molecule has 0 unspecified atom stereocenters. The van der Waals surface area contributed by atoms with Crippen LogP contribution in [0.1, 0.15) is 25.8 Å². The third-order valence-corrected chi connectivity index (χ3v) is 4.20. The lowest BCUT2D eigenvalue weighted by atomic mass is 10.2. The molecule has 28 heavy (non-hydrogen) atoms. The first kappa shape index (κ1) is 19.0. The lowest BCUT2D eigenvalue weighted by molar-refractivity contribution is -0.384. The molecule has 0 amide bonds. The predicted octanol–water partition coefficient (Wildman–Crippen LogP) is 2.66. The molecule has 9 heteroatoms. The number of nitro benzene ring substituents is 1. The molecular formula is C19H18N4O5. The van der Waals surface area contributed by atoms with Gasteiger partial charge in [0.25, 0.3) is 11.2 Å². The van der Waals surface area contributed by atoms with Gasteiger partial charge in [0.2, 0.25) is 0 Å². The summed E-state index contributed by atoms with van der Waals surface area (Å²) in [5, 5.41) is 15.3. The van der Waals surface area contributed by atoms with E-state index in [-0.39, 0.29) is 17.4 Å². The Morgan fingerprint density at radius 1 is 1.29 bits per heavy atom. The summed E-state index contributed by atoms with van der Waals surface area (Å²) in [7, 11) is 0. The van der Waals surface area contributed by atoms with Gasteiger partial charge < -0.3 is 9.72 Å². The number of ether oxygens (including phenoxy) is 1. The zero-order valence-electron chi connectivity index (χ0n) is 15.3. The first-order valence-electron chi connectivity index (χ1n) is 8.64. The summed E-state index contributed by atoms with van der Waals surface area (Å²) < 4.78 is 6.44. The highest BCUT2D eigenvalue weighted by atomic mass is 16.6. The number of aromatic nitrogens is 2. The highest BCUT2D eigenvalue weighted by Crippen LogP contribution is 2.24. The van der Waals surface area contributed by atoms with Crippen LogP contribution in [0.4, 0.5) is 5.69 Å². The minimum absolute atomic E-state index is 0.125. The van der Waals surface area contributed by atoms with Crippen LogP contribution in [0.2, 0.25) is 0 Å². The van der Waals surface area contributed by atoms with Crippen molar-refractivity contribution in [3.63, 3.8) is 0 Å². The molecule has 1 aromatic heterocycles. The smallest absolute Gasteiger partial charge is 0.349 e. The molecule has 1 N–H and O–H groups in total. The number of hydrogen-bond donors (Lipinski definition) is 1. The molecule has 1 heterocycles. The van der Waals surface area contributed by atoms with E-state index in [1.165, 1.54) is 24.4 Å². The zero-order chi connectivity index (χ0) is 20.3. The largest absolute Gasteiger partial charge is 0.490 e. The number of nitrogens with one attached hydrogen (secondary N) is 1. The molecule has 0 aliphatic rings. The molecule has 2 aromatic carbocycles. The summed E-state index contributed by atoms with van der Waals surface area (Å²) in [4.78, 5) is 37.9. The van der Waals surface area contributed by atoms with Crippen molar-refractivity contribution in [3.05, 3.63) is 79.0 Å². The van der Waals surface area contributed by atoms with E-state index in [4.69, 9.17) is 4.74 Å². The quantitative estimate of drug-likeness (QED) is 0.399. The van der Waals surface area contributed by atoms with Gasteiger partial charge in [-0.2, -0.15) is 5.10 Å². The third kappa shape index (κ3) is 3.83. The number of aromatic amines is 1. The van der Waals surface area contributed by atoms with Crippen LogP contribution in [0.3, 0.4) is 0 Å². The minimum Gasteiger partial charge on any atom is -0.490 e. The number of non-ortho nitro benzene ring substituents is 1. The number of fused-ring (bicyclic) bond motifs is 1. The van der Waals surface area contributed by atoms with Gasteiger partial charge in [-0.05, 0) is 31.5 Å². The van der Waals surface area contributed by atoms with E-state index < -0.39 is 16.2 Å². The first-order valence-corrected chi connectivity index (χ1v) is 8.64. The lowest BCUT2D eigenvalue weighted by Gasteiger charge is -2.14. The van der Waals surface area contributed by atoms with E-state index in [2.05, 4.69) is 10.1 Å². The fraction of sp³-hybridized carbons (Fsp3) is 0.211. The van der Waals surface area contributed by atoms with Crippen LogP contribution in [0.25, 0.3) is 10.9 Å². The Morgan fingerprint density at radius 3 is 2.75 bits per heavy atom. The molecule has 0 bridgehead atoms. The van der Waals surface area contributed by atoms with Crippen LogP contribution < -0.4 is 16.0 Å². The summed E-state index contributed by atoms with van der Waals surface area (Å²) in [6.07, 6.45) is 1.81. The van der Waals surface area contributed by atoms with Gasteiger partial charge in [0.05, 0.1) is 28.1 Å². The molecule has 0 spiro atoms. The molecule has 144 valence electrons. The molecule has 3 aromatic rings. The molecule has 0 aliphatic heterocycles. The van der Waals surface area contributed by atoms with Crippen LogP contribution in [-0.2, 0) is 0 Å². The molecule has 1 atom stereocenters. The summed E-state index contributed by atoms with van der Waals surface area (Å²) >= 11 is 0. The Kier molecular flexibility index (Phi) is 5.35. The fourth-order valence-corrected chi connectivity index (χ4v) is 2.54. The Bertz CT molecular complexity index is 1180. The number of H-pyrrole nitrogens is 1. The molecule has 0 aliphatic carbocycles. The molecule has 0 radical (unpaired) electrons. The summed E-state index contributed by atoms with van der Waals surface area (Å²) in [5.41, 5.74) is -0.771. The summed E-state index contributed by atoms with van der Waals surface area (Å²) in [6.45, 7) is 3.80. The van der Waals surface area contributed by atoms with Gasteiger partial charge in [-0.25, -0.2) is 4.79 Å². The van der Waals surface area contributed by atoms with Crippen LogP contribution >= 0.6 is 0 Å². The number of nitro groups is 1. The number of rotatable bonds is 6. The molecule has 3 rings (SSSR count). The highest BCUT2D eigenvalue weighted by Gasteiger charge is 2.13. The van der Waals surface area contributed by atoms with Crippen molar-refractivity contribution < 1.29 is 9.66 Å². The maximum atomic E-state index is 12.5. The topological polar surface area (TPSA) is 120 Å². The van der Waals surface area contributed by atoms with E-state index >= 15 is 0 Å². The van der Waals surface area contributed by atoms with Crippen molar-refractivity contribution in [2.45, 2.75) is 26.4 Å². The zero-order valence-corrected chi connectivity index (χ0v) is 15.3. The highest BCUT2D eigenvalue weighted by molar-refractivity contribution is 5.85. The van der Waals surface area contributed by atoms with Gasteiger partial charge in [0, 0.05) is 17.7 Å². The predicted molar refractivity (Wildman–Crippen MR) is 105 cm³/mol. The number of hydrogen-bond acceptors (Lipinski definition) is 6. The first-order chi connectivity index (χ1) is 13.4. The molecule has 0 saturated carbocycles. The maximum absolute atomic E-state index is 12.5. The number of nitrogens with zero attached hydrogens (tertiary/aromatic N) is 3. The Labute approximate surface area is 159 Å². The molecule has 9 nitrogen and oxygen atoms in total. The van der Waals surface area contributed by atoms with E-state index in [1.54, 1.807) is 24.3 Å². The number of para-hydroxylation sites is 1. The van der Waals surface area contributed by atoms with Crippen molar-refractivity contribution >= 4 is 22.8 Å². The van der Waals surface area contributed by atoms with Crippen LogP contribution in [0.15, 0.2) is 57.2 Å². The second-order valence-electron chi connectivity index (χ2n) is 6.15. The van der Waals surface area contributed by atoms with Crippen molar-refractivity contribution in [2.24, 2.45) is 5.10 Å². The SMILES string of the molecule is CC[C@H](C)Oc1ccc([N+](=O)[O-])cc1C=Nn1c(=O)[nH]c2ccccc2c1=O. The van der Waals surface area contributed by atoms with Gasteiger partial charge in [-0.15, -0.1) is 4.68 Å². The average Bonchev–Trinajstić information content (AvgIpc) is 2.68. The van der Waals surface area contributed by atoms with Gasteiger partial charge in [0.1, 0.15) is 5.75 Å². The van der Waals surface area contributed by atoms with E-state index in [1.807, 2.05) is 13.8 Å². The van der Waals surface area contributed by atoms with Gasteiger partial charge in [-0.3, -0.25) is 14.9 Å². The Balaban J connectivity index is 2.10. The normalized spacial score (nSPS) is 12.4. The minimum atomic E-state index is -0.713. The van der Waals surface area contributed by atoms with Gasteiger partial charge in [0.15, 0.2) is 0 Å². The van der Waals surface area contributed by atoms with Crippen molar-refractivity contribution in [2.75, 3.05) is 0 Å². The summed E-state index contributed by atoms with van der Waals surface area (Å²) in [6, 6.07) is 10.6. The molecule has 0 saturated heterocycles. The summed E-state index contributed by atoms with van der Waals surface area (Å²) in [5.74, 6) is 0.369. The van der Waals surface area contributed by atoms with Crippen LogP contribution in [-0.4, -0.2) is 26.9 Å². The standard InChI is InChI=1S/C19H18N4O5/c1-3-12(2)28-17-9-8-14(23(26)27)10-13(17)11-20-22-18(24)15-6-4-5-7-16(15)21-19(22)25/h4-12H,3H2,1-2H3,(H,21,25)/t12-/m0/s1. The number of benzene rings is 2. The average molecular weight is 382 g/mol. The second-order valence-corrected chi connectivity index (χ2v) is 6.15. The molecule has 0 fully saturated rings. The Morgan fingerprint density at radius 2 is 2.04 bits per heavy atom. The van der Waals surface area contributed by atoms with Gasteiger partial charge in [-0.1, -0.05) is 19.1 Å². The fourth-order valence-electron chi connectivity index (χ4n) is 2.54. The van der Waals surface area contributed by atoms with Crippen molar-refractivity contribution in [3.8, 4) is 5.75 Å².